The highest BCUT2D eigenvalue weighted by Gasteiger charge is 2.35. The van der Waals surface area contributed by atoms with Crippen LogP contribution >= 0.6 is 0 Å². The van der Waals surface area contributed by atoms with Crippen molar-refractivity contribution in [2.24, 2.45) is 17.6 Å². The van der Waals surface area contributed by atoms with Gasteiger partial charge in [0.25, 0.3) is 0 Å². The Labute approximate surface area is 117 Å². The first-order valence-corrected chi connectivity index (χ1v) is 7.85. The summed E-state index contributed by atoms with van der Waals surface area (Å²) >= 11 is 0. The summed E-state index contributed by atoms with van der Waals surface area (Å²) in [7, 11) is 0. The van der Waals surface area contributed by atoms with Gasteiger partial charge in [-0.15, -0.1) is 0 Å². The molecule has 2 aliphatic rings. The van der Waals surface area contributed by atoms with Crippen LogP contribution in [0.4, 0.5) is 0 Å². The number of benzene rings is 1. The topological polar surface area (TPSA) is 29.3 Å². The molecule has 2 N–H and O–H groups in total. The van der Waals surface area contributed by atoms with Crippen molar-refractivity contribution >= 4 is 0 Å². The quantitative estimate of drug-likeness (QED) is 0.903. The number of nitrogens with two attached hydrogens (primary N) is 1. The van der Waals surface area contributed by atoms with Crippen LogP contribution in [-0.2, 0) is 6.54 Å². The van der Waals surface area contributed by atoms with Crippen LogP contribution in [0.25, 0.3) is 0 Å². The Morgan fingerprint density at radius 3 is 2.47 bits per heavy atom. The number of likely N-dealkylation sites (tertiary alicyclic amines) is 1. The lowest BCUT2D eigenvalue weighted by Crippen LogP contribution is -2.34. The predicted molar refractivity (Wildman–Crippen MR) is 79.8 cm³/mol. The molecule has 3 rings (SSSR count). The van der Waals surface area contributed by atoms with Crippen molar-refractivity contribution in [2.75, 3.05) is 13.1 Å². The molecule has 1 aromatic rings. The minimum atomic E-state index is 0.395. The van der Waals surface area contributed by atoms with Gasteiger partial charge in [0.05, 0.1) is 0 Å². The van der Waals surface area contributed by atoms with Crippen LogP contribution < -0.4 is 5.73 Å². The zero-order valence-electron chi connectivity index (χ0n) is 11.8. The Bertz CT molecular complexity index is 384. The first-order valence-electron chi connectivity index (χ1n) is 7.85. The predicted octanol–water partition coefficient (Wildman–Crippen LogP) is 3.03. The van der Waals surface area contributed by atoms with E-state index in [2.05, 4.69) is 35.2 Å². The highest BCUT2D eigenvalue weighted by Crippen LogP contribution is 2.35. The van der Waals surface area contributed by atoms with E-state index in [4.69, 9.17) is 5.73 Å². The molecule has 1 heterocycles. The third-order valence-corrected chi connectivity index (χ3v) is 4.99. The average Bonchev–Trinajstić information content (AvgIpc) is 2.82. The largest absolute Gasteiger partial charge is 0.326 e. The van der Waals surface area contributed by atoms with Crippen molar-refractivity contribution < 1.29 is 0 Å². The van der Waals surface area contributed by atoms with E-state index in [1.165, 1.54) is 44.2 Å². The van der Waals surface area contributed by atoms with Crippen molar-refractivity contribution in [3.63, 3.8) is 0 Å². The summed E-state index contributed by atoms with van der Waals surface area (Å²) in [5.74, 6) is 1.63. The van der Waals surface area contributed by atoms with E-state index in [0.717, 1.165) is 24.9 Å². The highest BCUT2D eigenvalue weighted by molar-refractivity contribution is 5.14. The van der Waals surface area contributed by atoms with Crippen molar-refractivity contribution in [2.45, 2.75) is 44.7 Å². The van der Waals surface area contributed by atoms with E-state index in [1.54, 1.807) is 0 Å². The minimum absolute atomic E-state index is 0.395. The lowest BCUT2D eigenvalue weighted by atomic mass is 9.78. The molecule has 1 aliphatic carbocycles. The monoisotopic (exact) mass is 258 g/mol. The van der Waals surface area contributed by atoms with Crippen LogP contribution in [0.5, 0.6) is 0 Å². The van der Waals surface area contributed by atoms with E-state index < -0.39 is 0 Å². The molecule has 104 valence electrons. The molecule has 0 spiro atoms. The van der Waals surface area contributed by atoms with Crippen LogP contribution in [0, 0.1) is 11.8 Å². The maximum atomic E-state index is 6.41. The number of hydrogen-bond acceptors (Lipinski definition) is 2. The van der Waals surface area contributed by atoms with E-state index in [-0.39, 0.29) is 0 Å². The van der Waals surface area contributed by atoms with Gasteiger partial charge in [0.1, 0.15) is 0 Å². The van der Waals surface area contributed by atoms with Gasteiger partial charge in [-0.1, -0.05) is 62.4 Å². The molecule has 1 aliphatic heterocycles. The first-order chi connectivity index (χ1) is 9.33. The Kier molecular flexibility index (Phi) is 4.19. The molecule has 0 radical (unpaired) electrons. The fourth-order valence-corrected chi connectivity index (χ4v) is 3.97. The standard InChI is InChI=1S/C17H26N2/c18-17-13-19(11-14-7-3-1-4-8-14)12-16(17)15-9-5-2-6-10-15/h1,3-4,7-8,15-17H,2,5-6,9-13,18H2/t16-,17-/m1/s1. The molecule has 1 aromatic carbocycles. The second-order valence-corrected chi connectivity index (χ2v) is 6.41. The van der Waals surface area contributed by atoms with Gasteiger partial charge in [0.2, 0.25) is 0 Å². The van der Waals surface area contributed by atoms with Gasteiger partial charge in [-0.05, 0) is 17.4 Å². The molecule has 0 amide bonds. The summed E-state index contributed by atoms with van der Waals surface area (Å²) in [6.45, 7) is 3.36. The molecule has 2 fully saturated rings. The third kappa shape index (κ3) is 3.18. The fraction of sp³-hybridized carbons (Fsp3) is 0.647. The number of rotatable bonds is 3. The normalized spacial score (nSPS) is 29.7. The Morgan fingerprint density at radius 2 is 1.74 bits per heavy atom. The molecule has 0 unspecified atom stereocenters. The second kappa shape index (κ2) is 6.06. The van der Waals surface area contributed by atoms with Crippen LogP contribution in [0.1, 0.15) is 37.7 Å². The lowest BCUT2D eigenvalue weighted by molar-refractivity contribution is 0.227. The smallest absolute Gasteiger partial charge is 0.0234 e. The minimum Gasteiger partial charge on any atom is -0.326 e. The zero-order chi connectivity index (χ0) is 13.1. The fourth-order valence-electron chi connectivity index (χ4n) is 3.97. The number of hydrogen-bond donors (Lipinski definition) is 1. The maximum absolute atomic E-state index is 6.41. The summed E-state index contributed by atoms with van der Waals surface area (Å²) in [5.41, 5.74) is 7.83. The van der Waals surface area contributed by atoms with Gasteiger partial charge in [0.15, 0.2) is 0 Å². The molecule has 2 nitrogen and oxygen atoms in total. The second-order valence-electron chi connectivity index (χ2n) is 6.41. The van der Waals surface area contributed by atoms with Gasteiger partial charge in [0, 0.05) is 25.7 Å². The molecular weight excluding hydrogens is 232 g/mol. The van der Waals surface area contributed by atoms with Crippen LogP contribution in [-0.4, -0.2) is 24.0 Å². The summed E-state index contributed by atoms with van der Waals surface area (Å²) < 4.78 is 0. The lowest BCUT2D eigenvalue weighted by Gasteiger charge is -2.29. The summed E-state index contributed by atoms with van der Waals surface area (Å²) in [4.78, 5) is 2.55. The van der Waals surface area contributed by atoms with Gasteiger partial charge in [-0.3, -0.25) is 4.90 Å². The molecule has 19 heavy (non-hydrogen) atoms. The zero-order valence-corrected chi connectivity index (χ0v) is 11.8. The molecular formula is C17H26N2. The van der Waals surface area contributed by atoms with E-state index in [1.807, 2.05) is 0 Å². The van der Waals surface area contributed by atoms with Crippen molar-refractivity contribution in [3.05, 3.63) is 35.9 Å². The number of nitrogens with zero attached hydrogens (tertiary/aromatic N) is 1. The highest BCUT2D eigenvalue weighted by atomic mass is 15.2. The van der Waals surface area contributed by atoms with Gasteiger partial charge in [-0.25, -0.2) is 0 Å². The van der Waals surface area contributed by atoms with Gasteiger partial charge >= 0.3 is 0 Å². The van der Waals surface area contributed by atoms with E-state index >= 15 is 0 Å². The SMILES string of the molecule is N[C@@H]1CN(Cc2ccccc2)C[C@@H]1C1CCCCC1. The van der Waals surface area contributed by atoms with E-state index in [0.29, 0.717) is 6.04 Å². The molecule has 2 heteroatoms. The molecule has 1 saturated carbocycles. The molecule has 2 atom stereocenters. The maximum Gasteiger partial charge on any atom is 0.0234 e. The molecule has 0 bridgehead atoms. The van der Waals surface area contributed by atoms with Crippen molar-refractivity contribution in [3.8, 4) is 0 Å². The Hall–Kier alpha value is -0.860. The Balaban J connectivity index is 1.58. The average molecular weight is 258 g/mol. The molecule has 1 saturated heterocycles. The van der Waals surface area contributed by atoms with Crippen molar-refractivity contribution in [1.82, 2.24) is 4.90 Å². The summed E-state index contributed by atoms with van der Waals surface area (Å²) in [5, 5.41) is 0. The van der Waals surface area contributed by atoms with Crippen LogP contribution in [0.15, 0.2) is 30.3 Å². The van der Waals surface area contributed by atoms with Crippen molar-refractivity contribution in [1.29, 1.82) is 0 Å². The third-order valence-electron chi connectivity index (χ3n) is 4.99. The summed E-state index contributed by atoms with van der Waals surface area (Å²) in [6.07, 6.45) is 7.11. The van der Waals surface area contributed by atoms with Gasteiger partial charge in [-0.2, -0.15) is 0 Å². The van der Waals surface area contributed by atoms with E-state index in [9.17, 15) is 0 Å². The van der Waals surface area contributed by atoms with Crippen LogP contribution in [0.3, 0.4) is 0 Å². The van der Waals surface area contributed by atoms with Crippen LogP contribution in [0.2, 0.25) is 0 Å². The first kappa shape index (κ1) is 13.1. The Morgan fingerprint density at radius 1 is 1.00 bits per heavy atom. The van der Waals surface area contributed by atoms with Gasteiger partial charge < -0.3 is 5.73 Å². The molecule has 0 aromatic heterocycles. The summed E-state index contributed by atoms with van der Waals surface area (Å²) in [6, 6.07) is 11.2.